The number of hydrogen-bond donors (Lipinski definition) is 1. The van der Waals surface area contributed by atoms with Crippen molar-refractivity contribution in [3.05, 3.63) is 35.0 Å². The third-order valence-corrected chi connectivity index (χ3v) is 3.57. The number of hydrogen-bond acceptors (Lipinski definition) is 6. The van der Waals surface area contributed by atoms with Crippen LogP contribution in [0.1, 0.15) is 33.3 Å². The smallest absolute Gasteiger partial charge is 0.343 e. The summed E-state index contributed by atoms with van der Waals surface area (Å²) in [5.41, 5.74) is 1.11. The zero-order valence-electron chi connectivity index (χ0n) is 13.6. The highest BCUT2D eigenvalue weighted by atomic mass is 16.7. The lowest BCUT2D eigenvalue weighted by molar-refractivity contribution is 0.0526. The van der Waals surface area contributed by atoms with Crippen molar-refractivity contribution in [3.8, 4) is 11.5 Å². The Morgan fingerprint density at radius 1 is 1.33 bits per heavy atom. The van der Waals surface area contributed by atoms with Crippen LogP contribution >= 0.6 is 0 Å². The number of benzene rings is 1. The molecule has 0 fully saturated rings. The Balaban J connectivity index is 1.88. The molecule has 8 nitrogen and oxygen atoms in total. The standard InChI is InChI=1S/C16H17N3O5/c1-4-22-16(21)13-9(2)18-19(3)14(13)17-15(20)10-5-6-11-12(7-10)24-8-23-11/h5-7H,4,8H2,1-3H3,(H,17,20). The van der Waals surface area contributed by atoms with Crippen LogP contribution in [-0.2, 0) is 11.8 Å². The van der Waals surface area contributed by atoms with Crippen molar-refractivity contribution >= 4 is 17.7 Å². The summed E-state index contributed by atoms with van der Waals surface area (Å²) in [6.45, 7) is 3.77. The van der Waals surface area contributed by atoms with E-state index in [9.17, 15) is 9.59 Å². The summed E-state index contributed by atoms with van der Waals surface area (Å²) in [4.78, 5) is 24.6. The Morgan fingerprint density at radius 3 is 2.83 bits per heavy atom. The molecule has 3 rings (SSSR count). The number of carbonyl (C=O) groups is 2. The van der Waals surface area contributed by atoms with E-state index in [4.69, 9.17) is 14.2 Å². The molecule has 1 aromatic heterocycles. The van der Waals surface area contributed by atoms with Crippen molar-refractivity contribution in [1.29, 1.82) is 0 Å². The van der Waals surface area contributed by atoms with Crippen LogP contribution in [0.5, 0.6) is 11.5 Å². The van der Waals surface area contributed by atoms with E-state index in [1.807, 2.05) is 0 Å². The van der Waals surface area contributed by atoms with Gasteiger partial charge in [-0.3, -0.25) is 9.48 Å². The van der Waals surface area contributed by atoms with Gasteiger partial charge >= 0.3 is 5.97 Å². The summed E-state index contributed by atoms with van der Waals surface area (Å²) in [5, 5.41) is 6.89. The maximum Gasteiger partial charge on any atom is 0.343 e. The molecule has 126 valence electrons. The van der Waals surface area contributed by atoms with Gasteiger partial charge in [-0.15, -0.1) is 0 Å². The van der Waals surface area contributed by atoms with Crippen LogP contribution in [0.2, 0.25) is 0 Å². The molecule has 2 aromatic rings. The van der Waals surface area contributed by atoms with E-state index < -0.39 is 5.97 Å². The van der Waals surface area contributed by atoms with Crippen LogP contribution in [-0.4, -0.2) is 35.1 Å². The van der Waals surface area contributed by atoms with E-state index in [1.165, 1.54) is 4.68 Å². The number of nitrogens with one attached hydrogen (secondary N) is 1. The van der Waals surface area contributed by atoms with Gasteiger partial charge in [0, 0.05) is 12.6 Å². The molecule has 2 heterocycles. The van der Waals surface area contributed by atoms with Gasteiger partial charge in [0.2, 0.25) is 6.79 Å². The second-order valence-electron chi connectivity index (χ2n) is 5.18. The molecule has 1 aliphatic heterocycles. The molecule has 24 heavy (non-hydrogen) atoms. The van der Waals surface area contributed by atoms with E-state index in [2.05, 4.69) is 10.4 Å². The molecule has 1 amide bonds. The van der Waals surface area contributed by atoms with Gasteiger partial charge < -0.3 is 19.5 Å². The predicted molar refractivity (Wildman–Crippen MR) is 84.4 cm³/mol. The molecule has 1 aromatic carbocycles. The largest absolute Gasteiger partial charge is 0.462 e. The van der Waals surface area contributed by atoms with Crippen molar-refractivity contribution in [3.63, 3.8) is 0 Å². The highest BCUT2D eigenvalue weighted by Crippen LogP contribution is 2.32. The van der Waals surface area contributed by atoms with Gasteiger partial charge in [-0.25, -0.2) is 4.79 Å². The minimum atomic E-state index is -0.524. The Hall–Kier alpha value is -3.03. The monoisotopic (exact) mass is 331 g/mol. The summed E-state index contributed by atoms with van der Waals surface area (Å²) in [7, 11) is 1.64. The molecular formula is C16H17N3O5. The normalized spacial score (nSPS) is 12.1. The van der Waals surface area contributed by atoms with Crippen molar-refractivity contribution in [2.75, 3.05) is 18.7 Å². The summed E-state index contributed by atoms with van der Waals surface area (Å²) in [6.07, 6.45) is 0. The number of fused-ring (bicyclic) bond motifs is 1. The number of anilines is 1. The molecule has 1 aliphatic rings. The Morgan fingerprint density at radius 2 is 2.08 bits per heavy atom. The van der Waals surface area contributed by atoms with E-state index in [0.29, 0.717) is 22.8 Å². The van der Waals surface area contributed by atoms with Crippen LogP contribution in [0.15, 0.2) is 18.2 Å². The molecule has 0 saturated carbocycles. The summed E-state index contributed by atoms with van der Waals surface area (Å²) >= 11 is 0. The Labute approximate surface area is 138 Å². The lowest BCUT2D eigenvalue weighted by atomic mass is 10.2. The van der Waals surface area contributed by atoms with Gasteiger partial charge in [-0.2, -0.15) is 5.10 Å². The van der Waals surface area contributed by atoms with E-state index >= 15 is 0 Å². The first-order chi connectivity index (χ1) is 11.5. The van der Waals surface area contributed by atoms with Gasteiger partial charge in [0.05, 0.1) is 12.3 Å². The summed E-state index contributed by atoms with van der Waals surface area (Å²) in [6, 6.07) is 4.87. The zero-order chi connectivity index (χ0) is 17.3. The second kappa shape index (κ2) is 6.23. The number of aromatic nitrogens is 2. The van der Waals surface area contributed by atoms with Gasteiger partial charge in [0.1, 0.15) is 11.4 Å². The van der Waals surface area contributed by atoms with E-state index in [-0.39, 0.29) is 30.7 Å². The number of ether oxygens (including phenoxy) is 3. The summed E-state index contributed by atoms with van der Waals surface area (Å²) < 4.78 is 17.0. The maximum atomic E-state index is 12.5. The number of carbonyl (C=O) groups excluding carboxylic acids is 2. The van der Waals surface area contributed by atoms with Crippen molar-refractivity contribution in [2.24, 2.45) is 7.05 Å². The number of aryl methyl sites for hydroxylation is 2. The van der Waals surface area contributed by atoms with Crippen LogP contribution < -0.4 is 14.8 Å². The minimum absolute atomic E-state index is 0.133. The fraction of sp³-hybridized carbons (Fsp3) is 0.312. The molecule has 8 heteroatoms. The van der Waals surface area contributed by atoms with Crippen molar-refractivity contribution < 1.29 is 23.8 Å². The molecule has 1 N–H and O–H groups in total. The van der Waals surface area contributed by atoms with Crippen LogP contribution in [0, 0.1) is 6.92 Å². The average Bonchev–Trinajstić information content (AvgIpc) is 3.11. The first-order valence-corrected chi connectivity index (χ1v) is 7.43. The lowest BCUT2D eigenvalue weighted by Gasteiger charge is -2.09. The van der Waals surface area contributed by atoms with Crippen LogP contribution in [0.25, 0.3) is 0 Å². The minimum Gasteiger partial charge on any atom is -0.462 e. The Kier molecular flexibility index (Phi) is 4.11. The van der Waals surface area contributed by atoms with Crippen LogP contribution in [0.3, 0.4) is 0 Å². The first-order valence-electron chi connectivity index (χ1n) is 7.43. The molecule has 0 saturated heterocycles. The van der Waals surface area contributed by atoms with Crippen molar-refractivity contribution in [2.45, 2.75) is 13.8 Å². The van der Waals surface area contributed by atoms with Gasteiger partial charge in [0.15, 0.2) is 11.5 Å². The van der Waals surface area contributed by atoms with E-state index in [1.54, 1.807) is 39.1 Å². The van der Waals surface area contributed by atoms with Gasteiger partial charge in [-0.05, 0) is 32.0 Å². The molecule has 0 bridgehead atoms. The SMILES string of the molecule is CCOC(=O)c1c(C)nn(C)c1NC(=O)c1ccc2c(c1)OCO2. The highest BCUT2D eigenvalue weighted by molar-refractivity contribution is 6.08. The highest BCUT2D eigenvalue weighted by Gasteiger charge is 2.24. The third kappa shape index (κ3) is 2.78. The number of rotatable bonds is 4. The third-order valence-electron chi connectivity index (χ3n) is 3.57. The van der Waals surface area contributed by atoms with E-state index in [0.717, 1.165) is 0 Å². The second-order valence-corrected chi connectivity index (χ2v) is 5.18. The van der Waals surface area contributed by atoms with Crippen molar-refractivity contribution in [1.82, 2.24) is 9.78 Å². The number of esters is 1. The number of nitrogens with zero attached hydrogens (tertiary/aromatic N) is 2. The molecule has 0 spiro atoms. The molecular weight excluding hydrogens is 314 g/mol. The van der Waals surface area contributed by atoms with Gasteiger partial charge in [-0.1, -0.05) is 0 Å². The molecule has 0 unspecified atom stereocenters. The topological polar surface area (TPSA) is 91.7 Å². The zero-order valence-corrected chi connectivity index (χ0v) is 13.6. The summed E-state index contributed by atoms with van der Waals surface area (Å²) in [5.74, 6) is 0.476. The fourth-order valence-corrected chi connectivity index (χ4v) is 2.47. The molecule has 0 radical (unpaired) electrons. The fourth-order valence-electron chi connectivity index (χ4n) is 2.47. The average molecular weight is 331 g/mol. The number of amides is 1. The first kappa shape index (κ1) is 15.9. The van der Waals surface area contributed by atoms with Crippen LogP contribution in [0.4, 0.5) is 5.82 Å². The Bertz CT molecular complexity index is 812. The predicted octanol–water partition coefficient (Wildman–Crippen LogP) is 1.89. The molecule has 0 aliphatic carbocycles. The maximum absolute atomic E-state index is 12.5. The van der Waals surface area contributed by atoms with Gasteiger partial charge in [0.25, 0.3) is 5.91 Å². The molecule has 0 atom stereocenters. The lowest BCUT2D eigenvalue weighted by Crippen LogP contribution is -2.17. The quantitative estimate of drug-likeness (QED) is 0.860.